The minimum Gasteiger partial charge on any atom is -0.419 e. The zero-order chi connectivity index (χ0) is 12.4. The van der Waals surface area contributed by atoms with Crippen LogP contribution in [0.25, 0.3) is 11.6 Å². The first-order chi connectivity index (χ1) is 8.81. The lowest BCUT2D eigenvalue weighted by molar-refractivity contribution is 0.516. The Labute approximate surface area is 101 Å². The Hall–Kier alpha value is -2.57. The molecule has 0 saturated carbocycles. The van der Waals surface area contributed by atoms with E-state index < -0.39 is 0 Å². The molecule has 3 aromatic rings. The molecule has 90 valence electrons. The number of nitrogens with one attached hydrogen (secondary N) is 1. The highest BCUT2D eigenvalue weighted by Gasteiger charge is 2.11. The van der Waals surface area contributed by atoms with E-state index in [1.165, 1.54) is 18.3 Å². The Morgan fingerprint density at radius 3 is 2.72 bits per heavy atom. The molecule has 0 radical (unpaired) electrons. The van der Waals surface area contributed by atoms with Crippen molar-refractivity contribution in [3.8, 4) is 11.6 Å². The minimum absolute atomic E-state index is 0.271. The second kappa shape index (κ2) is 4.36. The normalized spacial score (nSPS) is 10.7. The SMILES string of the molecule is Fc1ccc(Cc2nnc(-c3cn[nH]n3)o2)cc1. The van der Waals surface area contributed by atoms with Crippen LogP contribution in [0.1, 0.15) is 11.5 Å². The number of nitrogens with zero attached hydrogens (tertiary/aromatic N) is 4. The lowest BCUT2D eigenvalue weighted by Crippen LogP contribution is -1.88. The summed E-state index contributed by atoms with van der Waals surface area (Å²) in [5.41, 5.74) is 1.39. The molecule has 0 atom stereocenters. The second-order valence-corrected chi connectivity index (χ2v) is 3.66. The van der Waals surface area contributed by atoms with E-state index in [4.69, 9.17) is 4.42 Å². The predicted molar refractivity (Wildman–Crippen MR) is 58.9 cm³/mol. The molecule has 0 spiro atoms. The first-order valence-corrected chi connectivity index (χ1v) is 5.24. The number of H-pyrrole nitrogens is 1. The van der Waals surface area contributed by atoms with Gasteiger partial charge in [-0.1, -0.05) is 12.1 Å². The van der Waals surface area contributed by atoms with Crippen LogP contribution in [-0.2, 0) is 6.42 Å². The van der Waals surface area contributed by atoms with Crippen molar-refractivity contribution in [1.29, 1.82) is 0 Å². The molecule has 1 N–H and O–H groups in total. The summed E-state index contributed by atoms with van der Waals surface area (Å²) in [5.74, 6) is 0.480. The largest absolute Gasteiger partial charge is 0.419 e. The molecular weight excluding hydrogens is 237 g/mol. The first-order valence-electron chi connectivity index (χ1n) is 5.24. The van der Waals surface area contributed by atoms with Crippen LogP contribution in [0.2, 0.25) is 0 Å². The van der Waals surface area contributed by atoms with Crippen molar-refractivity contribution in [3.05, 3.63) is 47.7 Å². The van der Waals surface area contributed by atoms with Gasteiger partial charge in [0.05, 0.1) is 12.6 Å². The van der Waals surface area contributed by atoms with Crippen molar-refractivity contribution in [2.24, 2.45) is 0 Å². The standard InChI is InChI=1S/C11H8FN5O/c12-8-3-1-7(2-4-8)5-10-15-16-11(18-10)9-6-13-17-14-9/h1-4,6H,5H2,(H,13,14,17). The molecule has 0 aliphatic heterocycles. The second-order valence-electron chi connectivity index (χ2n) is 3.66. The van der Waals surface area contributed by atoms with Gasteiger partial charge in [-0.15, -0.1) is 10.2 Å². The first kappa shape index (κ1) is 10.6. The van der Waals surface area contributed by atoms with Crippen LogP contribution in [0.5, 0.6) is 0 Å². The number of hydrogen-bond donors (Lipinski definition) is 1. The molecule has 6 nitrogen and oxygen atoms in total. The van der Waals surface area contributed by atoms with Crippen LogP contribution in [0, 0.1) is 5.82 Å². The monoisotopic (exact) mass is 245 g/mol. The van der Waals surface area contributed by atoms with Gasteiger partial charge in [-0.2, -0.15) is 15.4 Å². The maximum atomic E-state index is 12.7. The number of aromatic nitrogens is 5. The van der Waals surface area contributed by atoms with Crippen LogP contribution >= 0.6 is 0 Å². The quantitative estimate of drug-likeness (QED) is 0.757. The number of benzene rings is 1. The molecule has 0 saturated heterocycles. The molecule has 0 unspecified atom stereocenters. The highest BCUT2D eigenvalue weighted by molar-refractivity contribution is 5.42. The van der Waals surface area contributed by atoms with E-state index >= 15 is 0 Å². The average molecular weight is 245 g/mol. The van der Waals surface area contributed by atoms with E-state index in [1.807, 2.05) is 0 Å². The molecule has 3 rings (SSSR count). The molecule has 0 amide bonds. The lowest BCUT2D eigenvalue weighted by atomic mass is 10.1. The zero-order valence-corrected chi connectivity index (χ0v) is 9.17. The summed E-state index contributed by atoms with van der Waals surface area (Å²) in [5, 5.41) is 17.7. The number of rotatable bonds is 3. The Kier molecular flexibility index (Phi) is 2.56. The third-order valence-corrected chi connectivity index (χ3v) is 2.37. The number of hydrogen-bond acceptors (Lipinski definition) is 5. The van der Waals surface area contributed by atoms with Gasteiger partial charge in [-0.3, -0.25) is 0 Å². The van der Waals surface area contributed by atoms with E-state index in [1.54, 1.807) is 12.1 Å². The van der Waals surface area contributed by atoms with Gasteiger partial charge in [0, 0.05) is 0 Å². The Morgan fingerprint density at radius 1 is 1.17 bits per heavy atom. The van der Waals surface area contributed by atoms with Crippen molar-refractivity contribution in [3.63, 3.8) is 0 Å². The van der Waals surface area contributed by atoms with Gasteiger partial charge in [-0.25, -0.2) is 4.39 Å². The predicted octanol–water partition coefficient (Wildman–Crippen LogP) is 1.58. The maximum Gasteiger partial charge on any atom is 0.269 e. The Bertz CT molecular complexity index is 632. The fraction of sp³-hybridized carbons (Fsp3) is 0.0909. The van der Waals surface area contributed by atoms with Gasteiger partial charge in [0.2, 0.25) is 5.89 Å². The van der Waals surface area contributed by atoms with Crippen LogP contribution in [-0.4, -0.2) is 25.6 Å². The fourth-order valence-electron chi connectivity index (χ4n) is 1.51. The Morgan fingerprint density at radius 2 is 2.00 bits per heavy atom. The van der Waals surface area contributed by atoms with E-state index in [0.717, 1.165) is 5.56 Å². The van der Waals surface area contributed by atoms with Crippen molar-refractivity contribution >= 4 is 0 Å². The smallest absolute Gasteiger partial charge is 0.269 e. The summed E-state index contributed by atoms with van der Waals surface area (Å²) < 4.78 is 18.2. The summed E-state index contributed by atoms with van der Waals surface area (Å²) in [4.78, 5) is 0. The van der Waals surface area contributed by atoms with Gasteiger partial charge in [0.15, 0.2) is 5.69 Å². The topological polar surface area (TPSA) is 80.5 Å². The van der Waals surface area contributed by atoms with Crippen molar-refractivity contribution in [1.82, 2.24) is 25.6 Å². The molecule has 7 heteroatoms. The highest BCUT2D eigenvalue weighted by Crippen LogP contribution is 2.15. The number of aromatic amines is 1. The van der Waals surface area contributed by atoms with E-state index in [-0.39, 0.29) is 5.82 Å². The van der Waals surface area contributed by atoms with Crippen LogP contribution in [0.3, 0.4) is 0 Å². The summed E-state index contributed by atoms with van der Waals surface area (Å²) in [6.07, 6.45) is 1.94. The molecule has 0 fully saturated rings. The van der Waals surface area contributed by atoms with Crippen LogP contribution in [0.4, 0.5) is 4.39 Å². The molecule has 18 heavy (non-hydrogen) atoms. The number of halogens is 1. The van der Waals surface area contributed by atoms with Gasteiger partial charge < -0.3 is 4.42 Å². The third kappa shape index (κ3) is 2.10. The van der Waals surface area contributed by atoms with Crippen LogP contribution in [0.15, 0.2) is 34.9 Å². The van der Waals surface area contributed by atoms with Crippen LogP contribution < -0.4 is 0 Å². The van der Waals surface area contributed by atoms with E-state index in [0.29, 0.717) is 23.9 Å². The summed E-state index contributed by atoms with van der Waals surface area (Å²) >= 11 is 0. The Balaban J connectivity index is 1.80. The van der Waals surface area contributed by atoms with E-state index in [9.17, 15) is 4.39 Å². The van der Waals surface area contributed by atoms with Gasteiger partial charge in [0.1, 0.15) is 5.82 Å². The third-order valence-electron chi connectivity index (χ3n) is 2.37. The van der Waals surface area contributed by atoms with E-state index in [2.05, 4.69) is 25.6 Å². The maximum absolute atomic E-state index is 12.7. The molecule has 0 aliphatic rings. The summed E-state index contributed by atoms with van der Waals surface area (Å²) in [6.45, 7) is 0. The van der Waals surface area contributed by atoms with Gasteiger partial charge in [0.25, 0.3) is 5.89 Å². The molecule has 1 aromatic carbocycles. The highest BCUT2D eigenvalue weighted by atomic mass is 19.1. The van der Waals surface area contributed by atoms with Crippen molar-refractivity contribution in [2.45, 2.75) is 6.42 Å². The minimum atomic E-state index is -0.271. The average Bonchev–Trinajstić information content (AvgIpc) is 3.02. The van der Waals surface area contributed by atoms with Crippen molar-refractivity contribution < 1.29 is 8.81 Å². The molecule has 0 aliphatic carbocycles. The van der Waals surface area contributed by atoms with Gasteiger partial charge in [-0.05, 0) is 17.7 Å². The summed E-state index contributed by atoms with van der Waals surface area (Å²) in [6, 6.07) is 6.14. The lowest BCUT2D eigenvalue weighted by Gasteiger charge is -1.95. The molecule has 2 aromatic heterocycles. The van der Waals surface area contributed by atoms with Crippen molar-refractivity contribution in [2.75, 3.05) is 0 Å². The summed E-state index contributed by atoms with van der Waals surface area (Å²) in [7, 11) is 0. The molecule has 2 heterocycles. The zero-order valence-electron chi connectivity index (χ0n) is 9.17. The molecular formula is C11H8FN5O. The molecule has 0 bridgehead atoms. The fourth-order valence-corrected chi connectivity index (χ4v) is 1.51. The van der Waals surface area contributed by atoms with Gasteiger partial charge >= 0.3 is 0 Å².